The van der Waals surface area contributed by atoms with Crippen LogP contribution in [0.1, 0.15) is 26.7 Å². The molecule has 1 atom stereocenters. The second-order valence-electron chi connectivity index (χ2n) is 3.95. The minimum Gasteiger partial charge on any atom is -0.466 e. The molecule has 7 heteroatoms. The van der Waals surface area contributed by atoms with Crippen molar-refractivity contribution in [2.24, 2.45) is 5.92 Å². The van der Waals surface area contributed by atoms with Gasteiger partial charge in [-0.15, -0.1) is 0 Å². The highest BCUT2D eigenvalue weighted by molar-refractivity contribution is 7.87. The summed E-state index contributed by atoms with van der Waals surface area (Å²) in [5, 5.41) is 0. The van der Waals surface area contributed by atoms with Crippen LogP contribution in [0.15, 0.2) is 0 Å². The highest BCUT2D eigenvalue weighted by Crippen LogP contribution is 2.19. The fourth-order valence-electron chi connectivity index (χ4n) is 1.89. The van der Waals surface area contributed by atoms with Gasteiger partial charge in [-0.3, -0.25) is 4.79 Å². The van der Waals surface area contributed by atoms with Crippen LogP contribution in [0, 0.1) is 5.92 Å². The highest BCUT2D eigenvalue weighted by atomic mass is 32.2. The van der Waals surface area contributed by atoms with E-state index in [1.54, 1.807) is 13.8 Å². The van der Waals surface area contributed by atoms with Gasteiger partial charge in [0.2, 0.25) is 0 Å². The van der Waals surface area contributed by atoms with Crippen molar-refractivity contribution >= 4 is 16.2 Å². The van der Waals surface area contributed by atoms with Crippen molar-refractivity contribution in [2.75, 3.05) is 26.2 Å². The van der Waals surface area contributed by atoms with Gasteiger partial charge in [-0.05, 0) is 19.8 Å². The molecular formula is C10H20N2O4S. The topological polar surface area (TPSA) is 75.7 Å². The first-order valence-electron chi connectivity index (χ1n) is 5.92. The van der Waals surface area contributed by atoms with Gasteiger partial charge in [0.25, 0.3) is 10.2 Å². The van der Waals surface area contributed by atoms with Crippen molar-refractivity contribution in [3.63, 3.8) is 0 Å². The van der Waals surface area contributed by atoms with Gasteiger partial charge >= 0.3 is 5.97 Å². The van der Waals surface area contributed by atoms with Crippen LogP contribution >= 0.6 is 0 Å². The minimum atomic E-state index is -3.44. The first kappa shape index (κ1) is 14.4. The average Bonchev–Trinajstić information content (AvgIpc) is 2.29. The van der Waals surface area contributed by atoms with E-state index in [1.807, 2.05) is 0 Å². The number of esters is 1. The Kier molecular flexibility index (Phi) is 5.35. The zero-order chi connectivity index (χ0) is 12.9. The predicted octanol–water partition coefficient (Wildman–Crippen LogP) is 0.116. The highest BCUT2D eigenvalue weighted by Gasteiger charge is 2.32. The Bertz CT molecular complexity index is 355. The third kappa shape index (κ3) is 3.93. The molecule has 0 aliphatic carbocycles. The Morgan fingerprint density at radius 1 is 1.47 bits per heavy atom. The van der Waals surface area contributed by atoms with E-state index in [4.69, 9.17) is 4.74 Å². The van der Waals surface area contributed by atoms with E-state index < -0.39 is 10.2 Å². The van der Waals surface area contributed by atoms with Crippen LogP contribution < -0.4 is 4.72 Å². The van der Waals surface area contributed by atoms with Gasteiger partial charge in [0.05, 0.1) is 12.5 Å². The second-order valence-corrected chi connectivity index (χ2v) is 5.71. The number of hydrogen-bond donors (Lipinski definition) is 1. The lowest BCUT2D eigenvalue weighted by molar-refractivity contribution is -0.149. The zero-order valence-corrected chi connectivity index (χ0v) is 11.1. The molecule has 0 radical (unpaired) electrons. The Labute approximate surface area is 102 Å². The summed E-state index contributed by atoms with van der Waals surface area (Å²) in [7, 11) is -3.44. The molecule has 1 saturated heterocycles. The Morgan fingerprint density at radius 2 is 2.18 bits per heavy atom. The zero-order valence-electron chi connectivity index (χ0n) is 10.3. The standard InChI is InChI=1S/C10H20N2O4S/c1-3-11-17(14,15)12-7-5-6-9(8-12)10(13)16-4-2/h9,11H,3-8H2,1-2H3. The van der Waals surface area contributed by atoms with Gasteiger partial charge in [-0.2, -0.15) is 12.7 Å². The smallest absolute Gasteiger partial charge is 0.310 e. The average molecular weight is 264 g/mol. The summed E-state index contributed by atoms with van der Waals surface area (Å²) in [5.41, 5.74) is 0. The normalized spacial score (nSPS) is 22.4. The van der Waals surface area contributed by atoms with Crippen molar-refractivity contribution in [3.8, 4) is 0 Å². The molecule has 1 N–H and O–H groups in total. The molecule has 0 spiro atoms. The van der Waals surface area contributed by atoms with Crippen LogP contribution in [0.25, 0.3) is 0 Å². The van der Waals surface area contributed by atoms with Crippen LogP contribution in [0.3, 0.4) is 0 Å². The molecule has 0 aromatic heterocycles. The number of nitrogens with one attached hydrogen (secondary N) is 1. The monoisotopic (exact) mass is 264 g/mol. The van der Waals surface area contributed by atoms with Crippen molar-refractivity contribution in [2.45, 2.75) is 26.7 Å². The lowest BCUT2D eigenvalue weighted by Gasteiger charge is -2.30. The van der Waals surface area contributed by atoms with E-state index in [0.29, 0.717) is 32.5 Å². The molecule has 1 fully saturated rings. The largest absolute Gasteiger partial charge is 0.466 e. The number of nitrogens with zero attached hydrogens (tertiary/aromatic N) is 1. The molecule has 0 aromatic carbocycles. The summed E-state index contributed by atoms with van der Waals surface area (Å²) in [5.74, 6) is -0.638. The van der Waals surface area contributed by atoms with Gasteiger partial charge < -0.3 is 4.74 Å². The number of ether oxygens (including phenoxy) is 1. The summed E-state index contributed by atoms with van der Waals surface area (Å²) in [6, 6.07) is 0. The number of hydrogen-bond acceptors (Lipinski definition) is 4. The lowest BCUT2D eigenvalue weighted by Crippen LogP contribution is -2.47. The first-order chi connectivity index (χ1) is 8.01. The van der Waals surface area contributed by atoms with E-state index >= 15 is 0 Å². The molecule has 0 aromatic rings. The van der Waals surface area contributed by atoms with E-state index in [-0.39, 0.29) is 18.4 Å². The van der Waals surface area contributed by atoms with Gasteiger partial charge in [-0.1, -0.05) is 6.92 Å². The maximum absolute atomic E-state index is 11.8. The molecule has 1 heterocycles. The molecule has 1 unspecified atom stereocenters. The third-order valence-corrected chi connectivity index (χ3v) is 4.34. The molecule has 1 aliphatic rings. The molecule has 100 valence electrons. The van der Waals surface area contributed by atoms with E-state index in [9.17, 15) is 13.2 Å². The maximum Gasteiger partial charge on any atom is 0.310 e. The number of carbonyl (C=O) groups excluding carboxylic acids is 1. The van der Waals surface area contributed by atoms with E-state index in [0.717, 1.165) is 0 Å². The first-order valence-corrected chi connectivity index (χ1v) is 7.36. The summed E-state index contributed by atoms with van der Waals surface area (Å²) in [6.45, 7) is 4.83. The molecule has 6 nitrogen and oxygen atoms in total. The van der Waals surface area contributed by atoms with Crippen molar-refractivity contribution in [3.05, 3.63) is 0 Å². The molecule has 1 aliphatic heterocycles. The molecule has 17 heavy (non-hydrogen) atoms. The van der Waals surface area contributed by atoms with Crippen molar-refractivity contribution < 1.29 is 17.9 Å². The van der Waals surface area contributed by atoms with Crippen LogP contribution in [-0.4, -0.2) is 44.9 Å². The second kappa shape index (κ2) is 6.32. The number of carbonyl (C=O) groups is 1. The van der Waals surface area contributed by atoms with Crippen LogP contribution in [0.2, 0.25) is 0 Å². The molecule has 1 rings (SSSR count). The molecule has 0 bridgehead atoms. The fraction of sp³-hybridized carbons (Fsp3) is 0.900. The van der Waals surface area contributed by atoms with Crippen LogP contribution in [0.5, 0.6) is 0 Å². The summed E-state index contributed by atoms with van der Waals surface area (Å²) < 4.78 is 32.2. The third-order valence-electron chi connectivity index (χ3n) is 2.67. The van der Waals surface area contributed by atoms with Gasteiger partial charge in [-0.25, -0.2) is 4.72 Å². The van der Waals surface area contributed by atoms with Crippen molar-refractivity contribution in [1.82, 2.24) is 9.03 Å². The van der Waals surface area contributed by atoms with Gasteiger partial charge in [0.15, 0.2) is 0 Å². The lowest BCUT2D eigenvalue weighted by atomic mass is 10.0. The van der Waals surface area contributed by atoms with Gasteiger partial charge in [0, 0.05) is 19.6 Å². The molecule has 0 amide bonds. The van der Waals surface area contributed by atoms with E-state index in [1.165, 1.54) is 4.31 Å². The quantitative estimate of drug-likeness (QED) is 0.715. The Balaban J connectivity index is 2.63. The summed E-state index contributed by atoms with van der Waals surface area (Å²) >= 11 is 0. The number of rotatable bonds is 5. The number of piperidine rings is 1. The van der Waals surface area contributed by atoms with Crippen LogP contribution in [-0.2, 0) is 19.7 Å². The molecular weight excluding hydrogens is 244 g/mol. The SMILES string of the molecule is CCNS(=O)(=O)N1CCCC(C(=O)OCC)C1. The summed E-state index contributed by atoms with van der Waals surface area (Å²) in [6.07, 6.45) is 1.38. The summed E-state index contributed by atoms with van der Waals surface area (Å²) in [4.78, 5) is 11.6. The maximum atomic E-state index is 11.8. The Hall–Kier alpha value is -0.660. The molecule has 0 saturated carbocycles. The van der Waals surface area contributed by atoms with Crippen molar-refractivity contribution in [1.29, 1.82) is 0 Å². The fourth-order valence-corrected chi connectivity index (χ4v) is 3.18. The minimum absolute atomic E-state index is 0.216. The van der Waals surface area contributed by atoms with E-state index in [2.05, 4.69) is 4.72 Å². The van der Waals surface area contributed by atoms with Crippen LogP contribution in [0.4, 0.5) is 0 Å². The predicted molar refractivity (Wildman–Crippen MR) is 63.5 cm³/mol. The van der Waals surface area contributed by atoms with Gasteiger partial charge in [0.1, 0.15) is 0 Å². The Morgan fingerprint density at radius 3 is 2.76 bits per heavy atom.